The summed E-state index contributed by atoms with van der Waals surface area (Å²) in [5.41, 5.74) is 21.5. The lowest BCUT2D eigenvalue weighted by molar-refractivity contribution is -0.138. The molecule has 0 radical (unpaired) electrons. The molecule has 9 atom stereocenters. The normalized spacial score (nSPS) is 15.8. The molecule has 24 heteroatoms. The number of guanidine groups is 1. The second-order valence-corrected chi connectivity index (χ2v) is 13.0. The SMILES string of the molecule is CC(=O)NCC(=O)NC(CCCN=C(N)N)C(=O)NC(C(=O)NC(C(=O)NC(CS)C(=O)NC(C(=O)NC(CCCCN)C(N)=O)C(C)O)C(C)O)C(C)O. The number of primary amides is 1. The van der Waals surface area contributed by atoms with Gasteiger partial charge in [-0.2, -0.15) is 12.6 Å². The number of nitrogens with one attached hydrogen (secondary N) is 7. The van der Waals surface area contributed by atoms with Crippen molar-refractivity contribution in [3.8, 4) is 0 Å². The van der Waals surface area contributed by atoms with Crippen LogP contribution in [0.3, 0.4) is 0 Å². The summed E-state index contributed by atoms with van der Waals surface area (Å²) in [6.07, 6.45) is -3.41. The summed E-state index contributed by atoms with van der Waals surface area (Å²) in [5.74, 6) is -7.88. The minimum absolute atomic E-state index is 0.0491. The van der Waals surface area contributed by atoms with Crippen LogP contribution in [0, 0.1) is 0 Å². The number of aliphatic hydroxyl groups is 3. The molecule has 314 valence electrons. The fourth-order valence-electron chi connectivity index (χ4n) is 4.68. The van der Waals surface area contributed by atoms with Crippen LogP contribution in [0.4, 0.5) is 0 Å². The molecule has 0 saturated heterocycles. The minimum Gasteiger partial charge on any atom is -0.391 e. The molecule has 0 heterocycles. The quantitative estimate of drug-likeness (QED) is 0.0167. The zero-order valence-corrected chi connectivity index (χ0v) is 32.3. The maximum atomic E-state index is 13.3. The maximum Gasteiger partial charge on any atom is 0.245 e. The molecule has 0 aromatic rings. The molecule has 8 amide bonds. The number of aliphatic imine (C=N–C) groups is 1. The Kier molecular flexibility index (Phi) is 23.8. The number of carbonyl (C=O) groups is 8. The first-order chi connectivity index (χ1) is 25.7. The first kappa shape index (κ1) is 50.2. The molecule has 0 spiro atoms. The van der Waals surface area contributed by atoms with Gasteiger partial charge >= 0.3 is 0 Å². The smallest absolute Gasteiger partial charge is 0.245 e. The Morgan fingerprint density at radius 2 is 1.05 bits per heavy atom. The van der Waals surface area contributed by atoms with Gasteiger partial charge in [0.05, 0.1) is 24.9 Å². The topological polar surface area (TPSA) is 398 Å². The van der Waals surface area contributed by atoms with Crippen LogP contribution in [0.5, 0.6) is 0 Å². The lowest BCUT2D eigenvalue weighted by Gasteiger charge is -2.29. The molecule has 23 nitrogen and oxygen atoms in total. The van der Waals surface area contributed by atoms with E-state index in [9.17, 15) is 53.7 Å². The number of aliphatic hydroxyl groups excluding tert-OH is 3. The molecule has 0 bridgehead atoms. The van der Waals surface area contributed by atoms with Gasteiger partial charge in [-0.05, 0) is 59.4 Å². The average Bonchev–Trinajstić information content (AvgIpc) is 3.09. The van der Waals surface area contributed by atoms with Crippen LogP contribution in [-0.4, -0.2) is 148 Å². The fraction of sp³-hybridized carbons (Fsp3) is 0.710. The highest BCUT2D eigenvalue weighted by Crippen LogP contribution is 2.06. The van der Waals surface area contributed by atoms with Crippen LogP contribution in [0.25, 0.3) is 0 Å². The molecular formula is C31H58N12O11S. The molecule has 0 aromatic heterocycles. The number of nitrogens with two attached hydrogens (primary N) is 4. The van der Waals surface area contributed by atoms with Gasteiger partial charge < -0.3 is 75.5 Å². The number of rotatable bonds is 26. The average molecular weight is 807 g/mol. The molecule has 18 N–H and O–H groups in total. The Hall–Kier alpha value is -4.78. The summed E-state index contributed by atoms with van der Waals surface area (Å²) in [7, 11) is 0. The highest BCUT2D eigenvalue weighted by atomic mass is 32.1. The summed E-state index contributed by atoms with van der Waals surface area (Å²) in [6.45, 7) is 4.59. The lowest BCUT2D eigenvalue weighted by Crippen LogP contribution is -2.63. The van der Waals surface area contributed by atoms with Crippen molar-refractivity contribution in [3.63, 3.8) is 0 Å². The number of unbranched alkanes of at least 4 members (excludes halogenated alkanes) is 1. The van der Waals surface area contributed by atoms with E-state index < -0.39 is 108 Å². The van der Waals surface area contributed by atoms with Gasteiger partial charge in [-0.1, -0.05) is 0 Å². The van der Waals surface area contributed by atoms with E-state index in [0.717, 1.165) is 13.8 Å². The number of hydrogen-bond acceptors (Lipinski definition) is 14. The molecule has 0 aliphatic carbocycles. The van der Waals surface area contributed by atoms with Gasteiger partial charge in [0.25, 0.3) is 0 Å². The van der Waals surface area contributed by atoms with Crippen molar-refractivity contribution in [3.05, 3.63) is 0 Å². The van der Waals surface area contributed by atoms with E-state index in [1.165, 1.54) is 13.8 Å². The van der Waals surface area contributed by atoms with Crippen LogP contribution in [0.2, 0.25) is 0 Å². The van der Waals surface area contributed by atoms with E-state index in [2.05, 4.69) is 54.8 Å². The highest BCUT2D eigenvalue weighted by Gasteiger charge is 2.36. The van der Waals surface area contributed by atoms with Gasteiger partial charge in [-0.3, -0.25) is 43.3 Å². The van der Waals surface area contributed by atoms with E-state index in [-0.39, 0.29) is 37.5 Å². The van der Waals surface area contributed by atoms with Crippen molar-refractivity contribution in [1.29, 1.82) is 0 Å². The van der Waals surface area contributed by atoms with Crippen molar-refractivity contribution in [1.82, 2.24) is 37.2 Å². The Bertz CT molecular complexity index is 1350. The van der Waals surface area contributed by atoms with Crippen LogP contribution < -0.4 is 60.2 Å². The zero-order chi connectivity index (χ0) is 42.4. The predicted molar refractivity (Wildman–Crippen MR) is 201 cm³/mol. The van der Waals surface area contributed by atoms with Crippen LogP contribution in [-0.2, 0) is 38.4 Å². The Morgan fingerprint density at radius 1 is 0.618 bits per heavy atom. The monoisotopic (exact) mass is 806 g/mol. The van der Waals surface area contributed by atoms with Gasteiger partial charge in [0.1, 0.15) is 36.3 Å². The number of nitrogens with zero attached hydrogens (tertiary/aromatic N) is 1. The third-order valence-corrected chi connectivity index (χ3v) is 8.07. The first-order valence-corrected chi connectivity index (χ1v) is 18.0. The Balaban J connectivity index is 5.91. The molecule has 55 heavy (non-hydrogen) atoms. The first-order valence-electron chi connectivity index (χ1n) is 17.4. The van der Waals surface area contributed by atoms with Crippen molar-refractivity contribution in [2.24, 2.45) is 27.9 Å². The number of carbonyl (C=O) groups excluding carboxylic acids is 8. The van der Waals surface area contributed by atoms with Crippen molar-refractivity contribution < 1.29 is 53.7 Å². The largest absolute Gasteiger partial charge is 0.391 e. The standard InChI is InChI=1S/C31H58N12O11S/c1-14(44)22(28(52)39-18(25(33)49)8-5-6-10-32)42-27(51)20(13-55)40-29(53)23(15(2)45)43-30(54)24(16(3)46)41-26(50)19(9-7-11-36-31(34)35)38-21(48)12-37-17(4)47/h14-16,18-20,22-24,44-46,55H,5-13,32H2,1-4H3,(H2,33,49)(H,37,47)(H,38,48)(H,39,52)(H,40,53)(H,41,50)(H,42,51)(H,43,54)(H4,34,35,36). The van der Waals surface area contributed by atoms with Crippen molar-refractivity contribution in [2.45, 2.75) is 114 Å². The maximum absolute atomic E-state index is 13.3. The third kappa shape index (κ3) is 19.9. The van der Waals surface area contributed by atoms with Crippen LogP contribution >= 0.6 is 12.6 Å². The number of hydrogen-bond donors (Lipinski definition) is 15. The van der Waals surface area contributed by atoms with Gasteiger partial charge in [0.2, 0.25) is 47.3 Å². The van der Waals surface area contributed by atoms with Crippen molar-refractivity contribution in [2.75, 3.05) is 25.4 Å². The molecule has 0 fully saturated rings. The molecule has 9 unspecified atom stereocenters. The van der Waals surface area contributed by atoms with E-state index in [4.69, 9.17) is 22.9 Å². The van der Waals surface area contributed by atoms with Gasteiger partial charge in [0, 0.05) is 19.2 Å². The van der Waals surface area contributed by atoms with Crippen LogP contribution in [0.1, 0.15) is 59.8 Å². The molecule has 0 saturated carbocycles. The van der Waals surface area contributed by atoms with E-state index in [1.54, 1.807) is 0 Å². The zero-order valence-electron chi connectivity index (χ0n) is 31.4. The summed E-state index contributed by atoms with van der Waals surface area (Å²) in [4.78, 5) is 105. The van der Waals surface area contributed by atoms with Crippen LogP contribution in [0.15, 0.2) is 4.99 Å². The third-order valence-electron chi connectivity index (χ3n) is 7.71. The van der Waals surface area contributed by atoms with Gasteiger partial charge in [-0.15, -0.1) is 0 Å². The molecule has 0 rings (SSSR count). The fourth-order valence-corrected chi connectivity index (χ4v) is 4.94. The molecule has 0 aliphatic rings. The van der Waals surface area contributed by atoms with E-state index in [1.807, 2.05) is 0 Å². The summed E-state index contributed by atoms with van der Waals surface area (Å²) in [5, 5.41) is 47.2. The van der Waals surface area contributed by atoms with Gasteiger partial charge in [0.15, 0.2) is 5.96 Å². The minimum atomic E-state index is -1.78. The highest BCUT2D eigenvalue weighted by molar-refractivity contribution is 7.80. The molecule has 0 aliphatic heterocycles. The lowest BCUT2D eigenvalue weighted by atomic mass is 10.1. The molecule has 0 aromatic carbocycles. The Morgan fingerprint density at radius 3 is 1.47 bits per heavy atom. The van der Waals surface area contributed by atoms with Gasteiger partial charge in [-0.25, -0.2) is 0 Å². The number of amides is 8. The predicted octanol–water partition coefficient (Wildman–Crippen LogP) is -7.23. The van der Waals surface area contributed by atoms with Crippen molar-refractivity contribution >= 4 is 65.8 Å². The van der Waals surface area contributed by atoms with E-state index >= 15 is 0 Å². The van der Waals surface area contributed by atoms with E-state index in [0.29, 0.717) is 19.4 Å². The summed E-state index contributed by atoms with van der Waals surface area (Å²) >= 11 is 4.07. The molecular weight excluding hydrogens is 748 g/mol. The second kappa shape index (κ2) is 26.1. The number of thiol groups is 1. The second-order valence-electron chi connectivity index (χ2n) is 12.7. The Labute approximate surface area is 324 Å². The summed E-state index contributed by atoms with van der Waals surface area (Å²) in [6, 6.07) is -9.08. The summed E-state index contributed by atoms with van der Waals surface area (Å²) < 4.78 is 0.